The van der Waals surface area contributed by atoms with E-state index in [9.17, 15) is 13.6 Å². The number of esters is 1. The number of hydrogen-bond donors (Lipinski definition) is 0. The van der Waals surface area contributed by atoms with Crippen molar-refractivity contribution in [3.8, 4) is 11.5 Å². The molecular formula is C34H49F2NO4. The number of methoxy groups -OCH3 is 1. The predicted molar refractivity (Wildman–Crippen MR) is 160 cm³/mol. The first-order valence-corrected chi connectivity index (χ1v) is 15.5. The Morgan fingerprint density at radius 3 is 2.39 bits per heavy atom. The molecule has 2 unspecified atom stereocenters. The van der Waals surface area contributed by atoms with Crippen molar-refractivity contribution in [1.82, 2.24) is 4.90 Å². The number of likely N-dealkylation sites (tertiary alicyclic amines) is 1. The van der Waals surface area contributed by atoms with Crippen LogP contribution in [0.1, 0.15) is 95.1 Å². The van der Waals surface area contributed by atoms with Gasteiger partial charge in [0.15, 0.2) is 11.6 Å². The standard InChI is InChI=1S/C34H49F2NO4/c1-4-5-6-7-8-9-10-11-12-13-34(38)41-30-24-29(37(2)25-30)20-21-40-32-19-17-28(35)23-27(32)16-14-26-15-18-31(36)33(22-26)39-3/h15,17-19,22-23,29-30H,4-14,16,20-21,24-25H2,1-3H3. The molecule has 228 valence electrons. The van der Waals surface area contributed by atoms with Gasteiger partial charge >= 0.3 is 5.97 Å². The van der Waals surface area contributed by atoms with Crippen LogP contribution in [0.15, 0.2) is 36.4 Å². The lowest BCUT2D eigenvalue weighted by Gasteiger charge is -2.19. The van der Waals surface area contributed by atoms with E-state index >= 15 is 0 Å². The SMILES string of the molecule is CCCCCCCCCCCC(=O)OC1CC(CCOc2ccc(F)cc2CCc2ccc(F)c(OC)c2)N(C)C1. The summed E-state index contributed by atoms with van der Waals surface area (Å²) in [5, 5.41) is 0. The van der Waals surface area contributed by atoms with Crippen LogP contribution in [0.5, 0.6) is 11.5 Å². The number of nitrogens with zero attached hydrogens (tertiary/aromatic N) is 1. The Morgan fingerprint density at radius 1 is 0.927 bits per heavy atom. The van der Waals surface area contributed by atoms with Gasteiger partial charge in [-0.15, -0.1) is 0 Å². The Morgan fingerprint density at radius 2 is 1.66 bits per heavy atom. The van der Waals surface area contributed by atoms with Gasteiger partial charge in [-0.05, 0) is 74.2 Å². The molecule has 0 saturated carbocycles. The van der Waals surface area contributed by atoms with Gasteiger partial charge in [-0.25, -0.2) is 8.78 Å². The fourth-order valence-electron chi connectivity index (χ4n) is 5.60. The zero-order valence-electron chi connectivity index (χ0n) is 25.3. The first-order valence-electron chi connectivity index (χ1n) is 15.5. The second-order valence-corrected chi connectivity index (χ2v) is 11.4. The maximum atomic E-state index is 14.0. The molecule has 1 heterocycles. The minimum absolute atomic E-state index is 0.0786. The first kappa shape index (κ1) is 32.8. The molecule has 2 aromatic carbocycles. The van der Waals surface area contributed by atoms with Gasteiger partial charge < -0.3 is 14.2 Å². The van der Waals surface area contributed by atoms with E-state index in [1.165, 1.54) is 70.3 Å². The molecule has 0 amide bonds. The van der Waals surface area contributed by atoms with Gasteiger partial charge in [0.2, 0.25) is 0 Å². The van der Waals surface area contributed by atoms with E-state index in [-0.39, 0.29) is 29.7 Å². The number of likely N-dealkylation sites (N-methyl/N-ethyl adjacent to an activating group) is 1. The molecule has 3 rings (SSSR count). The molecule has 2 atom stereocenters. The van der Waals surface area contributed by atoms with Crippen molar-refractivity contribution in [2.45, 2.75) is 109 Å². The number of unbranched alkanes of at least 4 members (excludes halogenated alkanes) is 8. The number of benzene rings is 2. The third kappa shape index (κ3) is 11.6. The zero-order valence-corrected chi connectivity index (χ0v) is 25.3. The fraction of sp³-hybridized carbons (Fsp3) is 0.618. The Kier molecular flexibility index (Phi) is 14.4. The topological polar surface area (TPSA) is 48.0 Å². The maximum absolute atomic E-state index is 14.0. The molecule has 0 spiro atoms. The molecule has 2 aromatic rings. The lowest BCUT2D eigenvalue weighted by atomic mass is 10.0. The highest BCUT2D eigenvalue weighted by Gasteiger charge is 2.31. The summed E-state index contributed by atoms with van der Waals surface area (Å²) in [6, 6.07) is 9.61. The lowest BCUT2D eigenvalue weighted by molar-refractivity contribution is -0.148. The van der Waals surface area contributed by atoms with Gasteiger partial charge in [-0.1, -0.05) is 64.4 Å². The Balaban J connectivity index is 1.36. The van der Waals surface area contributed by atoms with Crippen LogP contribution in [0.4, 0.5) is 8.78 Å². The normalized spacial score (nSPS) is 17.1. The van der Waals surface area contributed by atoms with Crippen molar-refractivity contribution < 1.29 is 27.8 Å². The van der Waals surface area contributed by atoms with Crippen LogP contribution in [0.25, 0.3) is 0 Å². The first-order chi connectivity index (χ1) is 19.9. The minimum Gasteiger partial charge on any atom is -0.494 e. The summed E-state index contributed by atoms with van der Waals surface area (Å²) in [6.45, 7) is 3.45. The third-order valence-corrected chi connectivity index (χ3v) is 8.06. The number of carbonyl (C=O) groups excluding carboxylic acids is 1. The Bertz CT molecular complexity index is 1060. The number of carbonyl (C=O) groups is 1. The van der Waals surface area contributed by atoms with E-state index in [1.54, 1.807) is 18.2 Å². The molecule has 1 aliphatic heterocycles. The number of halogens is 2. The highest BCUT2D eigenvalue weighted by Crippen LogP contribution is 2.26. The monoisotopic (exact) mass is 573 g/mol. The molecule has 0 aliphatic carbocycles. The van der Waals surface area contributed by atoms with Gasteiger partial charge in [0.05, 0.1) is 13.7 Å². The summed E-state index contributed by atoms with van der Waals surface area (Å²) in [5.41, 5.74) is 1.68. The number of rotatable bonds is 19. The van der Waals surface area contributed by atoms with Crippen LogP contribution in [-0.4, -0.2) is 50.3 Å². The van der Waals surface area contributed by atoms with Crippen molar-refractivity contribution in [3.63, 3.8) is 0 Å². The number of aryl methyl sites for hydroxylation is 2. The summed E-state index contributed by atoms with van der Waals surface area (Å²) >= 11 is 0. The summed E-state index contributed by atoms with van der Waals surface area (Å²) in [4.78, 5) is 14.6. The highest BCUT2D eigenvalue weighted by molar-refractivity contribution is 5.69. The van der Waals surface area contributed by atoms with Crippen LogP contribution in [0.3, 0.4) is 0 Å². The van der Waals surface area contributed by atoms with Gasteiger partial charge in [-0.2, -0.15) is 0 Å². The molecule has 1 fully saturated rings. The molecule has 0 bridgehead atoms. The average molecular weight is 574 g/mol. The van der Waals surface area contributed by atoms with Crippen molar-refractivity contribution in [3.05, 3.63) is 59.2 Å². The second kappa shape index (κ2) is 18.0. The highest BCUT2D eigenvalue weighted by atomic mass is 19.1. The fourth-order valence-corrected chi connectivity index (χ4v) is 5.60. The average Bonchev–Trinajstić information content (AvgIpc) is 3.30. The molecular weight excluding hydrogens is 524 g/mol. The Hall–Kier alpha value is -2.67. The zero-order chi connectivity index (χ0) is 29.5. The van der Waals surface area contributed by atoms with Crippen molar-refractivity contribution >= 4 is 5.97 Å². The van der Waals surface area contributed by atoms with Crippen molar-refractivity contribution in [2.24, 2.45) is 0 Å². The molecule has 0 aromatic heterocycles. The summed E-state index contributed by atoms with van der Waals surface area (Å²) in [7, 11) is 3.49. The van der Waals surface area contributed by atoms with Crippen LogP contribution in [0, 0.1) is 11.6 Å². The van der Waals surface area contributed by atoms with E-state index in [0.29, 0.717) is 31.6 Å². The van der Waals surface area contributed by atoms with Crippen LogP contribution >= 0.6 is 0 Å². The van der Waals surface area contributed by atoms with Crippen molar-refractivity contribution in [1.29, 1.82) is 0 Å². The maximum Gasteiger partial charge on any atom is 0.306 e. The summed E-state index contributed by atoms with van der Waals surface area (Å²) < 4.78 is 44.7. The van der Waals surface area contributed by atoms with Crippen LogP contribution < -0.4 is 9.47 Å². The van der Waals surface area contributed by atoms with E-state index in [1.807, 2.05) is 0 Å². The van der Waals surface area contributed by atoms with Gasteiger partial charge in [0, 0.05) is 25.4 Å². The molecule has 0 N–H and O–H groups in total. The van der Waals surface area contributed by atoms with Crippen LogP contribution in [0.2, 0.25) is 0 Å². The number of ether oxygens (including phenoxy) is 3. The molecule has 7 heteroatoms. The van der Waals surface area contributed by atoms with Gasteiger partial charge in [0.25, 0.3) is 0 Å². The van der Waals surface area contributed by atoms with Gasteiger partial charge in [-0.3, -0.25) is 9.69 Å². The third-order valence-electron chi connectivity index (χ3n) is 8.06. The Labute approximate surface area is 245 Å². The largest absolute Gasteiger partial charge is 0.494 e. The van der Waals surface area contributed by atoms with E-state index in [2.05, 4.69) is 18.9 Å². The van der Waals surface area contributed by atoms with Gasteiger partial charge in [0.1, 0.15) is 17.7 Å². The van der Waals surface area contributed by atoms with Crippen LogP contribution in [-0.2, 0) is 22.4 Å². The summed E-state index contributed by atoms with van der Waals surface area (Å²) in [6.07, 6.45) is 14.2. The van der Waals surface area contributed by atoms with E-state index < -0.39 is 5.82 Å². The molecule has 1 saturated heterocycles. The molecule has 0 radical (unpaired) electrons. The summed E-state index contributed by atoms with van der Waals surface area (Å²) in [5.74, 6) is 0.0553. The van der Waals surface area contributed by atoms with E-state index in [4.69, 9.17) is 14.2 Å². The molecule has 5 nitrogen and oxygen atoms in total. The quantitative estimate of drug-likeness (QED) is 0.126. The predicted octanol–water partition coefficient (Wildman–Crippen LogP) is 8.06. The molecule has 1 aliphatic rings. The second-order valence-electron chi connectivity index (χ2n) is 11.4. The van der Waals surface area contributed by atoms with Crippen molar-refractivity contribution in [2.75, 3.05) is 27.3 Å². The number of hydrogen-bond acceptors (Lipinski definition) is 5. The minimum atomic E-state index is -0.404. The molecule has 41 heavy (non-hydrogen) atoms. The smallest absolute Gasteiger partial charge is 0.306 e. The lowest BCUT2D eigenvalue weighted by Crippen LogP contribution is -2.27. The van der Waals surface area contributed by atoms with E-state index in [0.717, 1.165) is 43.4 Å².